The van der Waals surface area contributed by atoms with Crippen molar-refractivity contribution in [2.24, 2.45) is 0 Å². The number of hydrogen-bond donors (Lipinski definition) is 1. The number of hydrogen-bond acceptors (Lipinski definition) is 6. The second-order valence-corrected chi connectivity index (χ2v) is 9.39. The minimum absolute atomic E-state index is 0.0147. The first-order valence-electron chi connectivity index (χ1n) is 9.41. The predicted octanol–water partition coefficient (Wildman–Crippen LogP) is 4.52. The number of carbonyl (C=O) groups is 2. The fourth-order valence-corrected chi connectivity index (χ4v) is 6.34. The fourth-order valence-electron chi connectivity index (χ4n) is 3.98. The van der Waals surface area contributed by atoms with Crippen LogP contribution in [-0.4, -0.2) is 27.4 Å². The molecule has 0 saturated carbocycles. The molecule has 5 rings (SSSR count). The van der Waals surface area contributed by atoms with E-state index in [0.717, 1.165) is 45.2 Å². The molecule has 2 aliphatic rings. The van der Waals surface area contributed by atoms with Gasteiger partial charge in [-0.2, -0.15) is 0 Å². The molecule has 7 heteroatoms. The minimum atomic E-state index is -0.215. The van der Waals surface area contributed by atoms with Crippen LogP contribution in [0.5, 0.6) is 0 Å². The summed E-state index contributed by atoms with van der Waals surface area (Å²) in [4.78, 5) is 36.4. The minimum Gasteiger partial charge on any atom is -0.325 e. The smallest absolute Gasteiger partial charge is 0.231 e. The number of nitrogens with zero attached hydrogens (tertiary/aromatic N) is 2. The number of thiophene rings is 1. The molecule has 0 bridgehead atoms. The van der Waals surface area contributed by atoms with Crippen LogP contribution in [0.2, 0.25) is 0 Å². The lowest BCUT2D eigenvalue weighted by Gasteiger charge is -2.07. The zero-order chi connectivity index (χ0) is 19.4. The molecule has 3 aromatic rings. The van der Waals surface area contributed by atoms with E-state index in [-0.39, 0.29) is 17.6 Å². The van der Waals surface area contributed by atoms with E-state index in [9.17, 15) is 9.59 Å². The highest BCUT2D eigenvalue weighted by molar-refractivity contribution is 8.00. The predicted molar refractivity (Wildman–Crippen MR) is 113 cm³/mol. The van der Waals surface area contributed by atoms with Crippen molar-refractivity contribution in [1.29, 1.82) is 0 Å². The Kier molecular flexibility index (Phi) is 4.25. The molecule has 142 valence electrons. The number of anilines is 1. The van der Waals surface area contributed by atoms with Crippen LogP contribution >= 0.6 is 23.1 Å². The molecule has 1 aromatic carbocycles. The average molecular weight is 410 g/mol. The number of fused-ring (bicyclic) bond motifs is 4. The number of nitrogens with one attached hydrogen (secondary N) is 1. The summed E-state index contributed by atoms with van der Waals surface area (Å²) in [6.07, 6.45) is 3.39. The Hall–Kier alpha value is -2.25. The van der Waals surface area contributed by atoms with Crippen molar-refractivity contribution >= 4 is 50.7 Å². The molecule has 0 saturated heterocycles. The van der Waals surface area contributed by atoms with Gasteiger partial charge in [0.2, 0.25) is 5.91 Å². The molecular formula is C21H19N3O2S2. The fraction of sp³-hybridized carbons (Fsp3) is 0.333. The van der Waals surface area contributed by atoms with E-state index >= 15 is 0 Å². The van der Waals surface area contributed by atoms with Crippen LogP contribution in [-0.2, 0) is 17.6 Å². The van der Waals surface area contributed by atoms with Gasteiger partial charge in [0.1, 0.15) is 15.7 Å². The van der Waals surface area contributed by atoms with E-state index in [1.165, 1.54) is 28.6 Å². The van der Waals surface area contributed by atoms with E-state index in [1.807, 2.05) is 26.0 Å². The Balaban J connectivity index is 1.41. The van der Waals surface area contributed by atoms with Gasteiger partial charge in [0.25, 0.3) is 0 Å². The number of aryl methyl sites for hydroxylation is 3. The molecular weight excluding hydrogens is 390 g/mol. The zero-order valence-corrected chi connectivity index (χ0v) is 17.3. The third kappa shape index (κ3) is 2.84. The van der Waals surface area contributed by atoms with Crippen molar-refractivity contribution in [3.63, 3.8) is 0 Å². The van der Waals surface area contributed by atoms with Gasteiger partial charge in [0.05, 0.1) is 11.7 Å². The van der Waals surface area contributed by atoms with Crippen molar-refractivity contribution in [1.82, 2.24) is 9.97 Å². The highest BCUT2D eigenvalue weighted by Crippen LogP contribution is 2.40. The van der Waals surface area contributed by atoms with Gasteiger partial charge < -0.3 is 5.32 Å². The van der Waals surface area contributed by atoms with Gasteiger partial charge >= 0.3 is 0 Å². The first-order valence-corrected chi connectivity index (χ1v) is 11.2. The highest BCUT2D eigenvalue weighted by atomic mass is 32.2. The van der Waals surface area contributed by atoms with Crippen LogP contribution in [0.15, 0.2) is 23.2 Å². The van der Waals surface area contributed by atoms with E-state index in [4.69, 9.17) is 0 Å². The molecule has 0 unspecified atom stereocenters. The maximum absolute atomic E-state index is 12.8. The summed E-state index contributed by atoms with van der Waals surface area (Å²) in [7, 11) is 0. The monoisotopic (exact) mass is 409 g/mol. The summed E-state index contributed by atoms with van der Waals surface area (Å²) >= 11 is 3.27. The van der Waals surface area contributed by atoms with Crippen LogP contribution in [0.25, 0.3) is 10.2 Å². The molecule has 3 heterocycles. The normalized spacial score (nSPS) is 17.6. The summed E-state index contributed by atoms with van der Waals surface area (Å²) < 4.78 is 0. The standard InChI is InChI=1S/C21H19N3O2S2/c1-10-14-8-12(6-7-15(14)24-19(10)26)16(25)9-27-20-18-13-4-3-5-17(13)28-21(18)23-11(2)22-20/h6-8,10H,3-5,9H2,1-2H3,(H,24,26)/t10-/m1/s1. The molecule has 1 amide bonds. The van der Waals surface area contributed by atoms with Gasteiger partial charge in [-0.25, -0.2) is 9.97 Å². The van der Waals surface area contributed by atoms with Crippen molar-refractivity contribution in [3.8, 4) is 0 Å². The average Bonchev–Trinajstić information content (AvgIpc) is 3.33. The summed E-state index contributed by atoms with van der Waals surface area (Å²) in [6.45, 7) is 3.77. The Labute approximate surface area is 171 Å². The molecule has 0 radical (unpaired) electrons. The van der Waals surface area contributed by atoms with Crippen molar-refractivity contribution < 1.29 is 9.59 Å². The topological polar surface area (TPSA) is 72.0 Å². The molecule has 1 atom stereocenters. The first-order chi connectivity index (χ1) is 13.5. The van der Waals surface area contributed by atoms with Gasteiger partial charge in [-0.3, -0.25) is 9.59 Å². The largest absolute Gasteiger partial charge is 0.325 e. The van der Waals surface area contributed by atoms with Crippen molar-refractivity contribution in [2.45, 2.75) is 44.1 Å². The Bertz CT molecular complexity index is 1150. The SMILES string of the molecule is Cc1nc(SCC(=O)c2ccc3c(c2)[C@@H](C)C(=O)N3)c2c3c(sc2n1)CCC3. The maximum atomic E-state index is 12.8. The molecule has 1 aliphatic heterocycles. The van der Waals surface area contributed by atoms with Crippen LogP contribution in [0.3, 0.4) is 0 Å². The molecule has 1 aliphatic carbocycles. The lowest BCUT2D eigenvalue weighted by molar-refractivity contribution is -0.116. The van der Waals surface area contributed by atoms with E-state index in [2.05, 4.69) is 15.3 Å². The quantitative estimate of drug-likeness (QED) is 0.390. The number of benzene rings is 1. The van der Waals surface area contributed by atoms with E-state index in [0.29, 0.717) is 11.3 Å². The Morgan fingerprint density at radius 3 is 3.04 bits per heavy atom. The van der Waals surface area contributed by atoms with E-state index in [1.54, 1.807) is 17.4 Å². The molecule has 0 spiro atoms. The zero-order valence-electron chi connectivity index (χ0n) is 15.7. The third-order valence-corrected chi connectivity index (χ3v) is 7.64. The molecule has 1 N–H and O–H groups in total. The Morgan fingerprint density at radius 2 is 2.18 bits per heavy atom. The van der Waals surface area contributed by atoms with Gasteiger partial charge in [-0.05, 0) is 62.4 Å². The number of amides is 1. The number of ketones is 1. The number of aromatic nitrogens is 2. The summed E-state index contributed by atoms with van der Waals surface area (Å²) in [5.41, 5.74) is 3.73. The molecule has 28 heavy (non-hydrogen) atoms. The van der Waals surface area contributed by atoms with Gasteiger partial charge in [0.15, 0.2) is 5.78 Å². The number of thioether (sulfide) groups is 1. The molecule has 2 aromatic heterocycles. The lowest BCUT2D eigenvalue weighted by Crippen LogP contribution is -2.08. The molecule has 0 fully saturated rings. The summed E-state index contributed by atoms with van der Waals surface area (Å²) in [5, 5.41) is 4.92. The van der Waals surface area contributed by atoms with Crippen LogP contribution in [0.4, 0.5) is 5.69 Å². The molecule has 5 nitrogen and oxygen atoms in total. The maximum Gasteiger partial charge on any atom is 0.231 e. The van der Waals surface area contributed by atoms with Crippen molar-refractivity contribution in [3.05, 3.63) is 45.6 Å². The highest BCUT2D eigenvalue weighted by Gasteiger charge is 2.27. The summed E-state index contributed by atoms with van der Waals surface area (Å²) in [6, 6.07) is 5.47. The van der Waals surface area contributed by atoms with Crippen LogP contribution in [0.1, 0.15) is 51.4 Å². The second kappa shape index (κ2) is 6.67. The van der Waals surface area contributed by atoms with Gasteiger partial charge in [-0.15, -0.1) is 11.3 Å². The second-order valence-electron chi connectivity index (χ2n) is 7.34. The first kappa shape index (κ1) is 17.8. The Morgan fingerprint density at radius 1 is 1.32 bits per heavy atom. The van der Waals surface area contributed by atoms with Crippen LogP contribution in [0, 0.1) is 6.92 Å². The number of Topliss-reactive ketones (excluding diaryl/α,β-unsaturated/α-hetero) is 1. The van der Waals surface area contributed by atoms with Crippen LogP contribution < -0.4 is 5.32 Å². The summed E-state index contributed by atoms with van der Waals surface area (Å²) in [5.74, 6) is 0.895. The van der Waals surface area contributed by atoms with Gasteiger partial charge in [0, 0.05) is 21.5 Å². The number of rotatable bonds is 4. The lowest BCUT2D eigenvalue weighted by atomic mass is 9.99. The van der Waals surface area contributed by atoms with E-state index < -0.39 is 0 Å². The van der Waals surface area contributed by atoms with Crippen molar-refractivity contribution in [2.75, 3.05) is 11.1 Å². The number of carbonyl (C=O) groups excluding carboxylic acids is 2. The van der Waals surface area contributed by atoms with Gasteiger partial charge in [-0.1, -0.05) is 11.8 Å². The third-order valence-electron chi connectivity index (χ3n) is 5.47.